The van der Waals surface area contributed by atoms with Gasteiger partial charge in [-0.05, 0) is 38.5 Å². The van der Waals surface area contributed by atoms with Crippen molar-refractivity contribution in [1.29, 1.82) is 0 Å². The molecule has 2 amide bonds. The molecule has 2 aromatic carbocycles. The Labute approximate surface area is 301 Å². The Kier molecular flexibility index (Phi) is 9.90. The van der Waals surface area contributed by atoms with Crippen LogP contribution in [0.5, 0.6) is 11.8 Å². The normalized spacial score (nSPS) is 20.4. The van der Waals surface area contributed by atoms with Crippen LogP contribution < -0.4 is 20.1 Å². The Bertz CT molecular complexity index is 1940. The summed E-state index contributed by atoms with van der Waals surface area (Å²) in [6.07, 6.45) is 9.71. The number of nitrogens with zero attached hydrogens (tertiary/aromatic N) is 5. The van der Waals surface area contributed by atoms with Crippen molar-refractivity contribution in [2.75, 3.05) is 27.3 Å². The minimum Gasteiger partial charge on any atom is -0.480 e. The average Bonchev–Trinajstić information content (AvgIpc) is 3.84. The van der Waals surface area contributed by atoms with Crippen molar-refractivity contribution in [3.8, 4) is 45.4 Å². The zero-order chi connectivity index (χ0) is 34.8. The third-order valence-corrected chi connectivity index (χ3v) is 10.8. The lowest BCUT2D eigenvalue weighted by Crippen LogP contribution is -2.43. The van der Waals surface area contributed by atoms with Crippen LogP contribution in [0.2, 0.25) is 10.0 Å². The second-order valence-corrected chi connectivity index (χ2v) is 14.0. The number of amides is 2. The summed E-state index contributed by atoms with van der Waals surface area (Å²) in [4.78, 5) is 44.7. The quantitative estimate of drug-likeness (QED) is 0.191. The van der Waals surface area contributed by atoms with Gasteiger partial charge in [0.05, 0.1) is 53.6 Å². The molecular weight excluding hydrogens is 677 g/mol. The summed E-state index contributed by atoms with van der Waals surface area (Å²) < 4.78 is 11.3. The van der Waals surface area contributed by atoms with Crippen LogP contribution in [0.25, 0.3) is 33.6 Å². The molecule has 3 saturated heterocycles. The van der Waals surface area contributed by atoms with Crippen LogP contribution in [0, 0.1) is 0 Å². The van der Waals surface area contributed by atoms with E-state index in [1.165, 1.54) is 0 Å². The van der Waals surface area contributed by atoms with Crippen LogP contribution in [0.1, 0.15) is 56.3 Å². The summed E-state index contributed by atoms with van der Waals surface area (Å²) in [6, 6.07) is 11.7. The Hall–Kier alpha value is -4.32. The summed E-state index contributed by atoms with van der Waals surface area (Å²) >= 11 is 14.2. The number of carbonyl (C=O) groups excluding carboxylic acids is 2. The monoisotopic (exact) mass is 715 g/mol. The molecule has 2 aromatic heterocycles. The van der Waals surface area contributed by atoms with E-state index in [2.05, 4.69) is 15.5 Å². The molecule has 2 atom stereocenters. The molecule has 3 aliphatic heterocycles. The summed E-state index contributed by atoms with van der Waals surface area (Å²) in [5.74, 6) is 1.13. The number of benzene rings is 2. The molecule has 0 aliphatic carbocycles. The van der Waals surface area contributed by atoms with E-state index in [0.29, 0.717) is 70.1 Å². The number of methoxy groups -OCH3 is 2. The van der Waals surface area contributed by atoms with Gasteiger partial charge >= 0.3 is 0 Å². The van der Waals surface area contributed by atoms with Gasteiger partial charge in [0.25, 0.3) is 0 Å². The lowest BCUT2D eigenvalue weighted by Gasteiger charge is -2.24. The largest absolute Gasteiger partial charge is 0.480 e. The maximum absolute atomic E-state index is 11.9. The van der Waals surface area contributed by atoms with Crippen LogP contribution in [0.4, 0.5) is 0 Å². The van der Waals surface area contributed by atoms with Gasteiger partial charge in [0.2, 0.25) is 23.6 Å². The predicted octanol–water partition coefficient (Wildman–Crippen LogP) is 6.05. The van der Waals surface area contributed by atoms with Crippen molar-refractivity contribution in [3.63, 3.8) is 0 Å². The molecule has 3 fully saturated rings. The molecule has 3 aliphatic rings. The second-order valence-electron chi connectivity index (χ2n) is 13.2. The van der Waals surface area contributed by atoms with E-state index in [9.17, 15) is 9.59 Å². The first kappa shape index (κ1) is 34.1. The van der Waals surface area contributed by atoms with E-state index in [1.54, 1.807) is 26.6 Å². The van der Waals surface area contributed by atoms with Gasteiger partial charge in [0, 0.05) is 60.8 Å². The van der Waals surface area contributed by atoms with E-state index in [1.807, 2.05) is 36.4 Å². The summed E-state index contributed by atoms with van der Waals surface area (Å²) in [5, 5.41) is 7.15. The summed E-state index contributed by atoms with van der Waals surface area (Å²) in [7, 11) is 3.17. The molecule has 260 valence electrons. The minimum absolute atomic E-state index is 0.122. The Morgan fingerprint density at radius 2 is 1.46 bits per heavy atom. The lowest BCUT2D eigenvalue weighted by molar-refractivity contribution is -0.120. The highest BCUT2D eigenvalue weighted by atomic mass is 35.5. The summed E-state index contributed by atoms with van der Waals surface area (Å²) in [6.45, 7) is 2.22. The highest BCUT2D eigenvalue weighted by Crippen LogP contribution is 2.42. The van der Waals surface area contributed by atoms with E-state index in [4.69, 9.17) is 52.6 Å². The fourth-order valence-corrected chi connectivity index (χ4v) is 7.98. The predicted molar refractivity (Wildman–Crippen MR) is 191 cm³/mol. The number of halogens is 2. The average molecular weight is 717 g/mol. The smallest absolute Gasteiger partial charge is 0.237 e. The number of nitrogens with one attached hydrogen (secondary N) is 2. The van der Waals surface area contributed by atoms with Gasteiger partial charge in [-0.1, -0.05) is 59.6 Å². The molecule has 0 bridgehead atoms. The number of likely N-dealkylation sites (tertiary alicyclic amines) is 1. The molecule has 1 spiro atoms. The van der Waals surface area contributed by atoms with Crippen molar-refractivity contribution in [2.45, 2.75) is 69.5 Å². The molecule has 0 radical (unpaired) electrons. The topological polar surface area (TPSA) is 131 Å². The van der Waals surface area contributed by atoms with E-state index >= 15 is 0 Å². The molecule has 1 unspecified atom stereocenters. The zero-order valence-corrected chi connectivity index (χ0v) is 29.6. The fraction of sp³-hybridized carbons (Fsp3) is 0.405. The zero-order valence-electron chi connectivity index (χ0n) is 28.1. The number of aromatic nitrogens is 4. The maximum atomic E-state index is 11.9. The number of ether oxygens (including phenoxy) is 2. The first-order valence-corrected chi connectivity index (χ1v) is 17.7. The lowest BCUT2D eigenvalue weighted by atomic mass is 9.97. The second kappa shape index (κ2) is 14.5. The highest BCUT2D eigenvalue weighted by Gasteiger charge is 2.43. The van der Waals surface area contributed by atoms with Gasteiger partial charge in [-0.15, -0.1) is 0 Å². The number of carbonyl (C=O) groups is 2. The molecule has 5 heterocycles. The third-order valence-electron chi connectivity index (χ3n) is 9.94. The fourth-order valence-electron chi connectivity index (χ4n) is 7.33. The van der Waals surface area contributed by atoms with Gasteiger partial charge in [0.15, 0.2) is 0 Å². The Morgan fingerprint density at radius 1 is 0.840 bits per heavy atom. The van der Waals surface area contributed by atoms with Crippen LogP contribution in [-0.4, -0.2) is 75.5 Å². The Balaban J connectivity index is 1.10. The van der Waals surface area contributed by atoms with Crippen molar-refractivity contribution < 1.29 is 19.1 Å². The molecule has 11 nitrogen and oxygen atoms in total. The van der Waals surface area contributed by atoms with E-state index in [-0.39, 0.29) is 23.4 Å². The van der Waals surface area contributed by atoms with Gasteiger partial charge in [-0.25, -0.2) is 9.97 Å². The Morgan fingerprint density at radius 3 is 2.04 bits per heavy atom. The van der Waals surface area contributed by atoms with Crippen molar-refractivity contribution in [3.05, 3.63) is 70.2 Å². The van der Waals surface area contributed by atoms with Crippen molar-refractivity contribution >= 4 is 35.0 Å². The van der Waals surface area contributed by atoms with Crippen LogP contribution in [0.15, 0.2) is 48.8 Å². The van der Waals surface area contributed by atoms with Gasteiger partial charge < -0.3 is 20.1 Å². The standard InChI is InChI=1S/C37H39Cl2N7O4/c1-49-35-27(11-3-6-22-12-13-31(47)42-22)40-18-28(43-35)25-9-4-7-23(33(25)38)24-8-5-10-26(34(24)39)29-19-41-30(36(44-29)50-2)20-46-17-16-37(21-46)15-14-32(48)45-37/h4-5,7-10,18-19,22H,3,6,11-17,20-21H2,1-2H3,(H,42,47)(H,45,48)/t22-,37?/m0/s1. The van der Waals surface area contributed by atoms with Crippen LogP contribution in [-0.2, 0) is 22.6 Å². The molecule has 13 heteroatoms. The first-order valence-electron chi connectivity index (χ1n) is 17.0. The molecule has 0 saturated carbocycles. The SMILES string of the molecule is COc1nc(-c2cccc(-c3cccc(-c4cnc(CN5CCC6(CCC(=O)N6)C5)c(OC)n4)c3Cl)c2Cl)cnc1CCC[C@H]1CCC(=O)N1. The molecular formula is C37H39Cl2N7O4. The number of rotatable bonds is 11. The highest BCUT2D eigenvalue weighted by molar-refractivity contribution is 6.39. The van der Waals surface area contributed by atoms with Crippen LogP contribution in [0.3, 0.4) is 0 Å². The molecule has 7 rings (SSSR count). The molecule has 50 heavy (non-hydrogen) atoms. The van der Waals surface area contributed by atoms with Crippen molar-refractivity contribution in [2.24, 2.45) is 0 Å². The van der Waals surface area contributed by atoms with E-state index in [0.717, 1.165) is 67.7 Å². The first-order chi connectivity index (χ1) is 24.3. The van der Waals surface area contributed by atoms with Gasteiger partial charge in [-0.2, -0.15) is 0 Å². The van der Waals surface area contributed by atoms with Crippen LogP contribution >= 0.6 is 23.2 Å². The minimum atomic E-state index is -0.136. The van der Waals surface area contributed by atoms with Crippen molar-refractivity contribution in [1.82, 2.24) is 35.5 Å². The summed E-state index contributed by atoms with van der Waals surface area (Å²) in [5.41, 5.74) is 5.37. The van der Waals surface area contributed by atoms with Gasteiger partial charge in [0.1, 0.15) is 11.4 Å². The maximum Gasteiger partial charge on any atom is 0.237 e. The number of hydrogen-bond donors (Lipinski definition) is 2. The molecule has 2 N–H and O–H groups in total. The number of aryl methyl sites for hydroxylation is 1. The molecule has 4 aromatic rings. The van der Waals surface area contributed by atoms with E-state index < -0.39 is 0 Å². The third kappa shape index (κ3) is 6.99. The number of hydrogen-bond acceptors (Lipinski definition) is 9. The van der Waals surface area contributed by atoms with Gasteiger partial charge in [-0.3, -0.25) is 24.5 Å².